The van der Waals surface area contributed by atoms with Gasteiger partial charge in [0, 0.05) is 38.3 Å². The Morgan fingerprint density at radius 1 is 1.25 bits per heavy atom. The predicted octanol–water partition coefficient (Wildman–Crippen LogP) is 0.991. The molecule has 2 aromatic rings. The molecule has 1 aliphatic heterocycles. The number of hydrogen-bond donors (Lipinski definition) is 1. The lowest BCUT2D eigenvalue weighted by molar-refractivity contribution is 0.0374. The highest BCUT2D eigenvalue weighted by Crippen LogP contribution is 2.10. The van der Waals surface area contributed by atoms with E-state index in [4.69, 9.17) is 4.74 Å². The number of benzene rings is 1. The van der Waals surface area contributed by atoms with E-state index in [0.29, 0.717) is 11.9 Å². The van der Waals surface area contributed by atoms with Gasteiger partial charge in [0.1, 0.15) is 5.56 Å². The van der Waals surface area contributed by atoms with Crippen LogP contribution in [0.2, 0.25) is 0 Å². The average molecular weight is 329 g/mol. The molecule has 24 heavy (non-hydrogen) atoms. The van der Waals surface area contributed by atoms with Crippen LogP contribution in [0.1, 0.15) is 16.8 Å². The van der Waals surface area contributed by atoms with Crippen LogP contribution in [0.3, 0.4) is 0 Å². The van der Waals surface area contributed by atoms with Gasteiger partial charge in [-0.25, -0.2) is 0 Å². The summed E-state index contributed by atoms with van der Waals surface area (Å²) in [4.78, 5) is 27.2. The molecule has 1 aliphatic rings. The summed E-state index contributed by atoms with van der Waals surface area (Å²) in [6.45, 7) is 4.93. The molecule has 0 unspecified atom stereocenters. The Morgan fingerprint density at radius 3 is 2.79 bits per heavy atom. The average Bonchev–Trinajstić information content (AvgIpc) is 2.62. The number of pyridine rings is 1. The van der Waals surface area contributed by atoms with Crippen molar-refractivity contribution in [3.05, 3.63) is 46.2 Å². The van der Waals surface area contributed by atoms with Gasteiger partial charge in [0.2, 0.25) is 5.43 Å². The van der Waals surface area contributed by atoms with E-state index in [1.165, 1.54) is 0 Å². The number of carbonyl (C=O) groups is 1. The molecule has 0 aliphatic carbocycles. The second-order valence-corrected chi connectivity index (χ2v) is 6.06. The fourth-order valence-electron chi connectivity index (χ4n) is 3.03. The number of para-hydroxylation sites is 1. The van der Waals surface area contributed by atoms with Crippen LogP contribution in [-0.4, -0.2) is 54.8 Å². The molecule has 6 heteroatoms. The zero-order valence-corrected chi connectivity index (χ0v) is 14.0. The highest BCUT2D eigenvalue weighted by atomic mass is 16.5. The molecule has 1 aromatic heterocycles. The van der Waals surface area contributed by atoms with E-state index in [1.54, 1.807) is 12.3 Å². The number of nitrogens with one attached hydrogen (secondary N) is 1. The van der Waals surface area contributed by atoms with Gasteiger partial charge < -0.3 is 14.6 Å². The minimum Gasteiger partial charge on any atom is -0.379 e. The van der Waals surface area contributed by atoms with Gasteiger partial charge in [-0.2, -0.15) is 0 Å². The number of nitrogens with zero attached hydrogens (tertiary/aromatic N) is 2. The Bertz CT molecular complexity index is 779. The van der Waals surface area contributed by atoms with Crippen molar-refractivity contribution in [1.82, 2.24) is 14.8 Å². The Labute approximate surface area is 141 Å². The number of aromatic nitrogens is 1. The lowest BCUT2D eigenvalue weighted by Crippen LogP contribution is -2.38. The van der Waals surface area contributed by atoms with Crippen LogP contribution in [0.15, 0.2) is 35.3 Å². The van der Waals surface area contributed by atoms with Crippen molar-refractivity contribution in [2.45, 2.75) is 6.42 Å². The quantitative estimate of drug-likeness (QED) is 0.831. The maximum Gasteiger partial charge on any atom is 0.256 e. The van der Waals surface area contributed by atoms with E-state index in [0.717, 1.165) is 44.8 Å². The SMILES string of the molecule is Cn1cc(C(=O)NCCCN2CCOCC2)c(=O)c2ccccc21. The first-order valence-electron chi connectivity index (χ1n) is 8.33. The number of aryl methyl sites for hydroxylation is 1. The fourth-order valence-corrected chi connectivity index (χ4v) is 3.03. The Balaban J connectivity index is 1.61. The molecule has 1 N–H and O–H groups in total. The van der Waals surface area contributed by atoms with E-state index in [2.05, 4.69) is 10.2 Å². The number of hydrogen-bond acceptors (Lipinski definition) is 4. The molecule has 1 fully saturated rings. The number of morpholine rings is 1. The zero-order chi connectivity index (χ0) is 16.9. The van der Waals surface area contributed by atoms with Crippen LogP contribution >= 0.6 is 0 Å². The van der Waals surface area contributed by atoms with E-state index in [9.17, 15) is 9.59 Å². The van der Waals surface area contributed by atoms with Crippen LogP contribution in [0.4, 0.5) is 0 Å². The molecule has 3 rings (SSSR count). The van der Waals surface area contributed by atoms with Gasteiger partial charge in [-0.3, -0.25) is 14.5 Å². The van der Waals surface area contributed by atoms with Crippen molar-refractivity contribution < 1.29 is 9.53 Å². The molecule has 0 saturated carbocycles. The van der Waals surface area contributed by atoms with E-state index in [1.807, 2.05) is 29.8 Å². The van der Waals surface area contributed by atoms with Crippen LogP contribution in [0.5, 0.6) is 0 Å². The molecule has 0 spiro atoms. The molecule has 1 aromatic carbocycles. The van der Waals surface area contributed by atoms with Gasteiger partial charge in [0.15, 0.2) is 0 Å². The predicted molar refractivity (Wildman–Crippen MR) is 93.4 cm³/mol. The molecule has 0 radical (unpaired) electrons. The molecule has 2 heterocycles. The van der Waals surface area contributed by atoms with Gasteiger partial charge in [-0.1, -0.05) is 12.1 Å². The first kappa shape index (κ1) is 16.7. The van der Waals surface area contributed by atoms with Crippen LogP contribution in [0, 0.1) is 0 Å². The first-order chi connectivity index (χ1) is 11.7. The second-order valence-electron chi connectivity index (χ2n) is 6.06. The smallest absolute Gasteiger partial charge is 0.256 e. The summed E-state index contributed by atoms with van der Waals surface area (Å²) in [6, 6.07) is 7.33. The highest BCUT2D eigenvalue weighted by molar-refractivity contribution is 5.97. The maximum absolute atomic E-state index is 12.5. The molecular formula is C18H23N3O3. The Kier molecular flexibility index (Phi) is 5.27. The molecule has 1 saturated heterocycles. The third kappa shape index (κ3) is 3.66. The summed E-state index contributed by atoms with van der Waals surface area (Å²) in [5.74, 6) is -0.302. The minimum atomic E-state index is -0.302. The van der Waals surface area contributed by atoms with E-state index >= 15 is 0 Å². The summed E-state index contributed by atoms with van der Waals surface area (Å²) < 4.78 is 7.13. The fraction of sp³-hybridized carbons (Fsp3) is 0.444. The molecule has 128 valence electrons. The molecule has 1 amide bonds. The van der Waals surface area contributed by atoms with E-state index in [-0.39, 0.29) is 16.9 Å². The number of fused-ring (bicyclic) bond motifs is 1. The number of carbonyl (C=O) groups excluding carboxylic acids is 1. The standard InChI is InChI=1S/C18H23N3O3/c1-20-13-15(17(22)14-5-2-3-6-16(14)20)18(23)19-7-4-8-21-9-11-24-12-10-21/h2-3,5-6,13H,4,7-12H2,1H3,(H,19,23). The van der Waals surface area contributed by atoms with Crippen molar-refractivity contribution in [3.63, 3.8) is 0 Å². The topological polar surface area (TPSA) is 63.6 Å². The summed E-state index contributed by atoms with van der Waals surface area (Å²) in [7, 11) is 1.84. The van der Waals surface area contributed by atoms with Crippen molar-refractivity contribution in [3.8, 4) is 0 Å². The number of rotatable bonds is 5. The lowest BCUT2D eigenvalue weighted by Gasteiger charge is -2.26. The zero-order valence-electron chi connectivity index (χ0n) is 14.0. The third-order valence-electron chi connectivity index (χ3n) is 4.38. The molecule has 6 nitrogen and oxygen atoms in total. The van der Waals surface area contributed by atoms with Crippen molar-refractivity contribution in [1.29, 1.82) is 0 Å². The summed E-state index contributed by atoms with van der Waals surface area (Å²) in [6.07, 6.45) is 2.47. The molecule has 0 atom stereocenters. The first-order valence-corrected chi connectivity index (χ1v) is 8.33. The lowest BCUT2D eigenvalue weighted by atomic mass is 10.1. The van der Waals surface area contributed by atoms with Gasteiger partial charge in [-0.05, 0) is 25.1 Å². The van der Waals surface area contributed by atoms with Crippen molar-refractivity contribution in [2.75, 3.05) is 39.4 Å². The number of amides is 1. The van der Waals surface area contributed by atoms with Crippen molar-refractivity contribution >= 4 is 16.8 Å². The van der Waals surface area contributed by atoms with Crippen LogP contribution in [-0.2, 0) is 11.8 Å². The van der Waals surface area contributed by atoms with Crippen LogP contribution in [0.25, 0.3) is 10.9 Å². The van der Waals surface area contributed by atoms with Crippen molar-refractivity contribution in [2.24, 2.45) is 7.05 Å². The molecule has 0 bridgehead atoms. The Hall–Kier alpha value is -2.18. The van der Waals surface area contributed by atoms with E-state index < -0.39 is 0 Å². The minimum absolute atomic E-state index is 0.197. The second kappa shape index (κ2) is 7.59. The monoisotopic (exact) mass is 329 g/mol. The van der Waals surface area contributed by atoms with Gasteiger partial charge in [0.05, 0.1) is 18.7 Å². The largest absolute Gasteiger partial charge is 0.379 e. The number of ether oxygens (including phenoxy) is 1. The maximum atomic E-state index is 12.5. The summed E-state index contributed by atoms with van der Waals surface area (Å²) in [5.41, 5.74) is 0.809. The van der Waals surface area contributed by atoms with Gasteiger partial charge in [-0.15, -0.1) is 0 Å². The normalized spacial score (nSPS) is 15.5. The summed E-state index contributed by atoms with van der Waals surface area (Å²) in [5, 5.41) is 3.43. The van der Waals surface area contributed by atoms with Gasteiger partial charge >= 0.3 is 0 Å². The molecular weight excluding hydrogens is 306 g/mol. The van der Waals surface area contributed by atoms with Crippen LogP contribution < -0.4 is 10.7 Å². The Morgan fingerprint density at radius 2 is 2.00 bits per heavy atom. The highest BCUT2D eigenvalue weighted by Gasteiger charge is 2.14. The summed E-state index contributed by atoms with van der Waals surface area (Å²) >= 11 is 0. The third-order valence-corrected chi connectivity index (χ3v) is 4.38. The van der Waals surface area contributed by atoms with Gasteiger partial charge in [0.25, 0.3) is 5.91 Å².